The first-order chi connectivity index (χ1) is 13.0. The number of nitrogens with zero attached hydrogens (tertiary/aromatic N) is 3. The van der Waals surface area contributed by atoms with Crippen LogP contribution in [-0.2, 0) is 13.5 Å². The number of nitrogens with two attached hydrogens (primary N) is 1. The van der Waals surface area contributed by atoms with Gasteiger partial charge in [0.05, 0.1) is 5.39 Å². The Hall–Kier alpha value is -2.86. The van der Waals surface area contributed by atoms with E-state index in [1.165, 1.54) is 11.1 Å². The van der Waals surface area contributed by atoms with Crippen LogP contribution in [0.4, 0.5) is 17.5 Å². The third-order valence-corrected chi connectivity index (χ3v) is 5.22. The van der Waals surface area contributed by atoms with Gasteiger partial charge in [0.15, 0.2) is 0 Å². The van der Waals surface area contributed by atoms with Crippen molar-refractivity contribution in [1.29, 1.82) is 0 Å². The van der Waals surface area contributed by atoms with E-state index in [1.807, 2.05) is 31.3 Å². The lowest BCUT2D eigenvalue weighted by Gasteiger charge is -2.08. The van der Waals surface area contributed by atoms with Gasteiger partial charge in [0.2, 0.25) is 5.95 Å². The van der Waals surface area contributed by atoms with Gasteiger partial charge in [0, 0.05) is 29.3 Å². The summed E-state index contributed by atoms with van der Waals surface area (Å²) in [5, 5.41) is 4.32. The third-order valence-electron chi connectivity index (χ3n) is 4.72. The Morgan fingerprint density at radius 2 is 1.89 bits per heavy atom. The van der Waals surface area contributed by atoms with Gasteiger partial charge in [-0.05, 0) is 42.3 Å². The molecule has 2 aromatic heterocycles. The molecular formula is C21H20BrN5. The number of aromatic nitrogens is 3. The molecule has 2 heterocycles. The maximum atomic E-state index is 5.98. The molecule has 4 rings (SSSR count). The highest BCUT2D eigenvalue weighted by atomic mass is 79.9. The van der Waals surface area contributed by atoms with Crippen LogP contribution in [0.3, 0.4) is 0 Å². The van der Waals surface area contributed by atoms with E-state index in [-0.39, 0.29) is 5.95 Å². The number of aryl methyl sites for hydroxylation is 2. The summed E-state index contributed by atoms with van der Waals surface area (Å²) in [7, 11) is 2.02. The van der Waals surface area contributed by atoms with E-state index in [0.717, 1.165) is 33.3 Å². The van der Waals surface area contributed by atoms with Crippen molar-refractivity contribution in [2.45, 2.75) is 13.3 Å². The molecule has 2 aromatic carbocycles. The van der Waals surface area contributed by atoms with Gasteiger partial charge in [-0.25, -0.2) is 0 Å². The van der Waals surface area contributed by atoms with Crippen molar-refractivity contribution in [3.8, 4) is 0 Å². The zero-order valence-electron chi connectivity index (χ0n) is 15.2. The van der Waals surface area contributed by atoms with Crippen LogP contribution in [0.1, 0.15) is 16.8 Å². The van der Waals surface area contributed by atoms with E-state index in [1.54, 1.807) is 0 Å². The van der Waals surface area contributed by atoms with E-state index >= 15 is 0 Å². The number of benzene rings is 2. The smallest absolute Gasteiger partial charge is 0.224 e. The average Bonchev–Trinajstić information content (AvgIpc) is 2.93. The minimum Gasteiger partial charge on any atom is -0.368 e. The highest BCUT2D eigenvalue weighted by molar-refractivity contribution is 9.10. The van der Waals surface area contributed by atoms with Crippen LogP contribution in [0.15, 0.2) is 59.1 Å². The van der Waals surface area contributed by atoms with Gasteiger partial charge in [-0.15, -0.1) is 0 Å². The Balaban J connectivity index is 1.78. The zero-order chi connectivity index (χ0) is 19.0. The molecule has 4 aromatic rings. The normalized spacial score (nSPS) is 11.1. The highest BCUT2D eigenvalue weighted by Crippen LogP contribution is 2.29. The largest absolute Gasteiger partial charge is 0.368 e. The molecule has 27 heavy (non-hydrogen) atoms. The van der Waals surface area contributed by atoms with E-state index in [9.17, 15) is 0 Å². The van der Waals surface area contributed by atoms with Crippen LogP contribution in [0.2, 0.25) is 0 Å². The van der Waals surface area contributed by atoms with Crippen LogP contribution in [-0.4, -0.2) is 14.5 Å². The van der Waals surface area contributed by atoms with Crippen molar-refractivity contribution in [2.75, 3.05) is 11.1 Å². The predicted molar refractivity (Wildman–Crippen MR) is 114 cm³/mol. The molecule has 0 saturated carbocycles. The number of rotatable bonds is 4. The Morgan fingerprint density at radius 3 is 2.67 bits per heavy atom. The SMILES string of the molecule is Cc1ccccc1Cc1cc2c(Nc3cccc(Br)c3)nc(N)nc2n1C. The number of anilines is 3. The average molecular weight is 422 g/mol. The van der Waals surface area contributed by atoms with Crippen molar-refractivity contribution >= 4 is 44.4 Å². The molecule has 0 fully saturated rings. The molecular weight excluding hydrogens is 402 g/mol. The Morgan fingerprint density at radius 1 is 1.07 bits per heavy atom. The highest BCUT2D eigenvalue weighted by Gasteiger charge is 2.14. The Bertz CT molecular complexity index is 1130. The molecule has 0 aliphatic rings. The fourth-order valence-corrected chi connectivity index (χ4v) is 3.63. The van der Waals surface area contributed by atoms with Crippen molar-refractivity contribution in [1.82, 2.24) is 14.5 Å². The monoisotopic (exact) mass is 421 g/mol. The lowest BCUT2D eigenvalue weighted by Crippen LogP contribution is -2.03. The molecule has 0 aliphatic carbocycles. The number of nitrogen functional groups attached to an aromatic ring is 1. The molecule has 0 aliphatic heterocycles. The van der Waals surface area contributed by atoms with E-state index in [4.69, 9.17) is 5.73 Å². The molecule has 136 valence electrons. The number of halogens is 1. The second-order valence-electron chi connectivity index (χ2n) is 6.60. The van der Waals surface area contributed by atoms with Gasteiger partial charge in [-0.3, -0.25) is 0 Å². The second kappa shape index (κ2) is 7.04. The summed E-state index contributed by atoms with van der Waals surface area (Å²) >= 11 is 3.50. The van der Waals surface area contributed by atoms with Crippen LogP contribution in [0.25, 0.3) is 11.0 Å². The lowest BCUT2D eigenvalue weighted by molar-refractivity contribution is 0.865. The van der Waals surface area contributed by atoms with Crippen molar-refractivity contribution in [2.24, 2.45) is 7.05 Å². The van der Waals surface area contributed by atoms with Gasteiger partial charge in [-0.1, -0.05) is 46.3 Å². The summed E-state index contributed by atoms with van der Waals surface area (Å²) in [6.45, 7) is 2.13. The quantitative estimate of drug-likeness (QED) is 0.488. The Labute approximate surface area is 166 Å². The summed E-state index contributed by atoms with van der Waals surface area (Å²) in [6.07, 6.45) is 0.829. The molecule has 0 atom stereocenters. The van der Waals surface area contributed by atoms with Crippen LogP contribution in [0.5, 0.6) is 0 Å². The van der Waals surface area contributed by atoms with Crippen LogP contribution < -0.4 is 11.1 Å². The van der Waals surface area contributed by atoms with E-state index in [0.29, 0.717) is 5.82 Å². The van der Waals surface area contributed by atoms with Gasteiger partial charge in [-0.2, -0.15) is 9.97 Å². The van der Waals surface area contributed by atoms with Gasteiger partial charge >= 0.3 is 0 Å². The molecule has 0 saturated heterocycles. The summed E-state index contributed by atoms with van der Waals surface area (Å²) in [5.41, 5.74) is 11.5. The van der Waals surface area contributed by atoms with Gasteiger partial charge in [0.1, 0.15) is 11.5 Å². The molecule has 3 N–H and O–H groups in total. The topological polar surface area (TPSA) is 68.8 Å². The zero-order valence-corrected chi connectivity index (χ0v) is 16.8. The summed E-state index contributed by atoms with van der Waals surface area (Å²) in [6, 6.07) is 18.5. The number of hydrogen-bond donors (Lipinski definition) is 2. The minimum absolute atomic E-state index is 0.253. The minimum atomic E-state index is 0.253. The number of fused-ring (bicyclic) bond motifs is 1. The Kier molecular flexibility index (Phi) is 4.58. The molecule has 0 radical (unpaired) electrons. The number of nitrogens with one attached hydrogen (secondary N) is 1. The summed E-state index contributed by atoms with van der Waals surface area (Å²) in [5.74, 6) is 0.964. The standard InChI is InChI=1S/C21H20BrN5/c1-13-6-3-4-7-14(13)10-17-12-18-19(24-16-9-5-8-15(22)11-16)25-21(23)26-20(18)27(17)2/h3-9,11-12H,10H2,1-2H3,(H3,23,24,25,26). The second-order valence-corrected chi connectivity index (χ2v) is 7.52. The van der Waals surface area contributed by atoms with Crippen LogP contribution >= 0.6 is 15.9 Å². The first kappa shape index (κ1) is 17.5. The van der Waals surface area contributed by atoms with Gasteiger partial charge < -0.3 is 15.6 Å². The van der Waals surface area contributed by atoms with Crippen molar-refractivity contribution in [3.63, 3.8) is 0 Å². The maximum absolute atomic E-state index is 5.98. The first-order valence-corrected chi connectivity index (χ1v) is 9.49. The number of hydrogen-bond acceptors (Lipinski definition) is 4. The van der Waals surface area contributed by atoms with Gasteiger partial charge in [0.25, 0.3) is 0 Å². The van der Waals surface area contributed by atoms with Crippen molar-refractivity contribution < 1.29 is 0 Å². The summed E-state index contributed by atoms with van der Waals surface area (Å²) in [4.78, 5) is 8.89. The fraction of sp³-hybridized carbons (Fsp3) is 0.143. The fourth-order valence-electron chi connectivity index (χ4n) is 3.23. The lowest BCUT2D eigenvalue weighted by atomic mass is 10.0. The van der Waals surface area contributed by atoms with E-state index < -0.39 is 0 Å². The maximum Gasteiger partial charge on any atom is 0.224 e. The molecule has 0 amide bonds. The molecule has 0 unspecified atom stereocenters. The predicted octanol–water partition coefficient (Wildman–Crippen LogP) is 4.96. The van der Waals surface area contributed by atoms with E-state index in [2.05, 4.69) is 73.0 Å². The molecule has 5 nitrogen and oxygen atoms in total. The molecule has 0 bridgehead atoms. The summed E-state index contributed by atoms with van der Waals surface area (Å²) < 4.78 is 3.09. The first-order valence-electron chi connectivity index (χ1n) is 8.70. The molecule has 0 spiro atoms. The molecule has 6 heteroatoms. The van der Waals surface area contributed by atoms with Crippen LogP contribution in [0, 0.1) is 6.92 Å². The van der Waals surface area contributed by atoms with Crippen molar-refractivity contribution in [3.05, 3.63) is 75.9 Å². The third kappa shape index (κ3) is 3.53.